The monoisotopic (exact) mass is 320 g/mol. The predicted molar refractivity (Wildman–Crippen MR) is 82.7 cm³/mol. The summed E-state index contributed by atoms with van der Waals surface area (Å²) < 4.78 is 30.5. The third kappa shape index (κ3) is 7.13. The van der Waals surface area contributed by atoms with Gasteiger partial charge in [0.1, 0.15) is 5.60 Å². The van der Waals surface area contributed by atoms with Crippen molar-refractivity contribution in [3.8, 4) is 0 Å². The number of ether oxygens (including phenoxy) is 1. The van der Waals surface area contributed by atoms with Crippen molar-refractivity contribution in [1.82, 2.24) is 9.62 Å². The summed E-state index contributed by atoms with van der Waals surface area (Å²) in [4.78, 5) is 11.6. The Kier molecular flexibility index (Phi) is 6.46. The molecule has 124 valence electrons. The lowest BCUT2D eigenvalue weighted by Crippen LogP contribution is -2.45. The molecule has 0 aromatic heterocycles. The highest BCUT2D eigenvalue weighted by atomic mass is 32.2. The zero-order chi connectivity index (χ0) is 16.1. The zero-order valence-electron chi connectivity index (χ0n) is 13.5. The van der Waals surface area contributed by atoms with Crippen LogP contribution in [0.1, 0.15) is 52.9 Å². The molecule has 0 aliphatic heterocycles. The number of carbonyl (C=O) groups is 1. The van der Waals surface area contributed by atoms with Crippen molar-refractivity contribution >= 4 is 16.1 Å². The van der Waals surface area contributed by atoms with E-state index >= 15 is 0 Å². The summed E-state index contributed by atoms with van der Waals surface area (Å²) in [5.41, 5.74) is -0.552. The van der Waals surface area contributed by atoms with Gasteiger partial charge in [0, 0.05) is 19.1 Å². The maximum absolute atomic E-state index is 11.9. The van der Waals surface area contributed by atoms with Crippen molar-refractivity contribution < 1.29 is 17.9 Å². The molecule has 1 N–H and O–H groups in total. The third-order valence-electron chi connectivity index (χ3n) is 3.41. The lowest BCUT2D eigenvalue weighted by atomic mass is 9.95. The minimum absolute atomic E-state index is 0.0641. The molecule has 0 aromatic carbocycles. The average molecular weight is 320 g/mol. The number of rotatable bonds is 5. The van der Waals surface area contributed by atoms with Gasteiger partial charge in [0.05, 0.1) is 6.26 Å². The molecule has 0 aromatic rings. The molecule has 6 nitrogen and oxygen atoms in total. The van der Waals surface area contributed by atoms with Crippen molar-refractivity contribution in [2.24, 2.45) is 0 Å². The summed E-state index contributed by atoms with van der Waals surface area (Å²) >= 11 is 0. The first-order valence-electron chi connectivity index (χ1n) is 7.53. The third-order valence-corrected chi connectivity index (χ3v) is 4.74. The molecule has 7 heteroatoms. The van der Waals surface area contributed by atoms with E-state index in [1.54, 1.807) is 20.8 Å². The molecule has 0 unspecified atom stereocenters. The van der Waals surface area contributed by atoms with Gasteiger partial charge in [0.25, 0.3) is 0 Å². The average Bonchev–Trinajstić information content (AvgIpc) is 2.32. The molecule has 0 spiro atoms. The molecule has 0 radical (unpaired) electrons. The summed E-state index contributed by atoms with van der Waals surface area (Å²) in [6, 6.07) is 0.0641. The van der Waals surface area contributed by atoms with Crippen LogP contribution in [0.25, 0.3) is 0 Å². The fourth-order valence-electron chi connectivity index (χ4n) is 2.57. The summed E-state index contributed by atoms with van der Waals surface area (Å²) in [6.45, 7) is 5.92. The Morgan fingerprint density at radius 3 is 2.29 bits per heavy atom. The number of nitrogens with zero attached hydrogens (tertiary/aromatic N) is 1. The predicted octanol–water partition coefficient (Wildman–Crippen LogP) is 2.11. The Morgan fingerprint density at radius 1 is 1.24 bits per heavy atom. The van der Waals surface area contributed by atoms with Gasteiger partial charge in [-0.25, -0.2) is 13.2 Å². The second kappa shape index (κ2) is 7.45. The quantitative estimate of drug-likeness (QED) is 0.842. The molecule has 0 saturated heterocycles. The molecule has 1 fully saturated rings. The number of amides is 1. The van der Waals surface area contributed by atoms with E-state index in [1.807, 2.05) is 0 Å². The van der Waals surface area contributed by atoms with Gasteiger partial charge in [-0.1, -0.05) is 19.3 Å². The number of carbonyl (C=O) groups excluding carboxylic acids is 1. The van der Waals surface area contributed by atoms with E-state index in [-0.39, 0.29) is 12.6 Å². The summed E-state index contributed by atoms with van der Waals surface area (Å²) in [5, 5.41) is 2.61. The minimum Gasteiger partial charge on any atom is -0.444 e. The SMILES string of the molecule is CC(C)(C)OC(=O)NCCN(C1CCCCC1)S(C)(=O)=O. The van der Waals surface area contributed by atoms with E-state index in [9.17, 15) is 13.2 Å². The zero-order valence-corrected chi connectivity index (χ0v) is 14.3. The van der Waals surface area contributed by atoms with Gasteiger partial charge in [-0.2, -0.15) is 4.31 Å². The molecule has 1 saturated carbocycles. The molecule has 1 rings (SSSR count). The van der Waals surface area contributed by atoms with Crippen LogP contribution in [0.5, 0.6) is 0 Å². The molecule has 21 heavy (non-hydrogen) atoms. The summed E-state index contributed by atoms with van der Waals surface area (Å²) in [6.07, 6.45) is 5.82. The van der Waals surface area contributed by atoms with Gasteiger partial charge in [-0.3, -0.25) is 0 Å². The highest BCUT2D eigenvalue weighted by molar-refractivity contribution is 7.88. The Labute approximate surface area is 128 Å². The van der Waals surface area contributed by atoms with Crippen LogP contribution in [0, 0.1) is 0 Å². The van der Waals surface area contributed by atoms with E-state index < -0.39 is 21.7 Å². The smallest absolute Gasteiger partial charge is 0.407 e. The van der Waals surface area contributed by atoms with Crippen LogP contribution in [0.2, 0.25) is 0 Å². The first-order chi connectivity index (χ1) is 9.59. The van der Waals surface area contributed by atoms with Gasteiger partial charge in [-0.05, 0) is 33.6 Å². The highest BCUT2D eigenvalue weighted by Gasteiger charge is 2.27. The van der Waals surface area contributed by atoms with Crippen molar-refractivity contribution in [1.29, 1.82) is 0 Å². The molecule has 0 bridgehead atoms. The Morgan fingerprint density at radius 2 is 1.81 bits per heavy atom. The molecule has 0 heterocycles. The molecular weight excluding hydrogens is 292 g/mol. The first-order valence-corrected chi connectivity index (χ1v) is 9.38. The number of sulfonamides is 1. The molecule has 1 amide bonds. The fraction of sp³-hybridized carbons (Fsp3) is 0.929. The summed E-state index contributed by atoms with van der Waals surface area (Å²) in [7, 11) is -3.26. The van der Waals surface area contributed by atoms with Crippen molar-refractivity contribution in [2.45, 2.75) is 64.5 Å². The number of hydrogen-bond acceptors (Lipinski definition) is 4. The maximum atomic E-state index is 11.9. The number of alkyl carbamates (subject to hydrolysis) is 1. The van der Waals surface area contributed by atoms with Gasteiger partial charge in [-0.15, -0.1) is 0 Å². The second-order valence-electron chi connectivity index (χ2n) is 6.59. The van der Waals surface area contributed by atoms with E-state index in [0.29, 0.717) is 6.54 Å². The number of hydrogen-bond donors (Lipinski definition) is 1. The highest BCUT2D eigenvalue weighted by Crippen LogP contribution is 2.24. The maximum Gasteiger partial charge on any atom is 0.407 e. The van der Waals surface area contributed by atoms with E-state index in [4.69, 9.17) is 4.74 Å². The molecular formula is C14H28N2O4S. The van der Waals surface area contributed by atoms with Crippen LogP contribution in [-0.2, 0) is 14.8 Å². The van der Waals surface area contributed by atoms with Crippen LogP contribution >= 0.6 is 0 Å². The van der Waals surface area contributed by atoms with Gasteiger partial charge >= 0.3 is 6.09 Å². The lowest BCUT2D eigenvalue weighted by molar-refractivity contribution is 0.0523. The lowest BCUT2D eigenvalue weighted by Gasteiger charge is -2.32. The first kappa shape index (κ1) is 18.2. The standard InChI is InChI=1S/C14H28N2O4S/c1-14(2,3)20-13(17)15-10-11-16(21(4,18)19)12-8-6-5-7-9-12/h12H,5-11H2,1-4H3,(H,15,17). The normalized spacial score (nSPS) is 17.8. The van der Waals surface area contributed by atoms with Crippen LogP contribution in [0.3, 0.4) is 0 Å². The van der Waals surface area contributed by atoms with Crippen molar-refractivity contribution in [3.63, 3.8) is 0 Å². The minimum atomic E-state index is -3.26. The van der Waals surface area contributed by atoms with Gasteiger partial charge < -0.3 is 10.1 Å². The van der Waals surface area contributed by atoms with Gasteiger partial charge in [0.2, 0.25) is 10.0 Å². The Hall–Kier alpha value is -0.820. The molecule has 0 atom stereocenters. The van der Waals surface area contributed by atoms with Crippen molar-refractivity contribution in [3.05, 3.63) is 0 Å². The van der Waals surface area contributed by atoms with Crippen LogP contribution in [0.15, 0.2) is 0 Å². The van der Waals surface area contributed by atoms with Crippen molar-refractivity contribution in [2.75, 3.05) is 19.3 Å². The largest absolute Gasteiger partial charge is 0.444 e. The van der Waals surface area contributed by atoms with Gasteiger partial charge in [0.15, 0.2) is 0 Å². The molecule has 1 aliphatic carbocycles. The van der Waals surface area contributed by atoms with Crippen LogP contribution < -0.4 is 5.32 Å². The Balaban J connectivity index is 2.49. The van der Waals surface area contributed by atoms with E-state index in [2.05, 4.69) is 5.32 Å². The van der Waals surface area contributed by atoms with E-state index in [1.165, 1.54) is 17.0 Å². The van der Waals surface area contributed by atoms with Crippen LogP contribution in [-0.4, -0.2) is 49.8 Å². The fourth-order valence-corrected chi connectivity index (χ4v) is 3.75. The summed E-state index contributed by atoms with van der Waals surface area (Å²) in [5.74, 6) is 0. The van der Waals surface area contributed by atoms with E-state index in [0.717, 1.165) is 25.7 Å². The van der Waals surface area contributed by atoms with Crippen LogP contribution in [0.4, 0.5) is 4.79 Å². The second-order valence-corrected chi connectivity index (χ2v) is 8.53. The molecule has 1 aliphatic rings. The topological polar surface area (TPSA) is 75.7 Å². The Bertz CT molecular complexity index is 436. The number of nitrogens with one attached hydrogen (secondary N) is 1.